The number of fused-ring (bicyclic) bond motifs is 1. The fourth-order valence-electron chi connectivity index (χ4n) is 3.11. The zero-order valence-electron chi connectivity index (χ0n) is 13.1. The molecule has 1 fully saturated rings. The number of aromatic nitrogens is 1. The van der Waals surface area contributed by atoms with Gasteiger partial charge in [0.2, 0.25) is 0 Å². The number of para-hydroxylation sites is 1. The van der Waals surface area contributed by atoms with E-state index in [4.69, 9.17) is 0 Å². The smallest absolute Gasteiger partial charge is 0.310 e. The standard InChI is InChI=1S/C19H18N4O/c24-19(22-15-6-2-1-3-7-15)23-12-18(21-13-23)17-8-4-5-14-11-20-10-9-16(14)17/h1-11,18,21H,12-13H2,(H,22,24). The lowest BCUT2D eigenvalue weighted by atomic mass is 10.0. The average molecular weight is 318 g/mol. The van der Waals surface area contributed by atoms with Crippen molar-refractivity contribution in [1.29, 1.82) is 0 Å². The third kappa shape index (κ3) is 2.81. The van der Waals surface area contributed by atoms with Gasteiger partial charge in [-0.3, -0.25) is 10.3 Å². The Morgan fingerprint density at radius 3 is 2.88 bits per heavy atom. The summed E-state index contributed by atoms with van der Waals surface area (Å²) in [6.07, 6.45) is 3.67. The third-order valence-corrected chi connectivity index (χ3v) is 4.33. The molecule has 0 spiro atoms. The highest BCUT2D eigenvalue weighted by molar-refractivity contribution is 5.90. The van der Waals surface area contributed by atoms with Crippen LogP contribution in [0, 0.1) is 0 Å². The summed E-state index contributed by atoms with van der Waals surface area (Å²) in [7, 11) is 0. The molecule has 2 heterocycles. The molecule has 1 aliphatic rings. The van der Waals surface area contributed by atoms with E-state index < -0.39 is 0 Å². The van der Waals surface area contributed by atoms with Crippen LogP contribution in [-0.4, -0.2) is 29.1 Å². The highest BCUT2D eigenvalue weighted by Gasteiger charge is 2.27. The molecule has 0 radical (unpaired) electrons. The first-order valence-corrected chi connectivity index (χ1v) is 7.98. The fraction of sp³-hybridized carbons (Fsp3) is 0.158. The molecule has 1 unspecified atom stereocenters. The Bertz CT molecular complexity index is 860. The minimum Gasteiger partial charge on any atom is -0.310 e. The van der Waals surface area contributed by atoms with Crippen molar-refractivity contribution < 1.29 is 4.79 Å². The molecule has 0 aliphatic carbocycles. The van der Waals surface area contributed by atoms with Gasteiger partial charge in [0.05, 0.1) is 12.7 Å². The van der Waals surface area contributed by atoms with Gasteiger partial charge in [0, 0.05) is 30.0 Å². The van der Waals surface area contributed by atoms with Crippen LogP contribution in [0.25, 0.3) is 10.8 Å². The second kappa shape index (κ2) is 6.29. The molecule has 0 saturated carbocycles. The maximum absolute atomic E-state index is 12.4. The van der Waals surface area contributed by atoms with E-state index in [-0.39, 0.29) is 12.1 Å². The lowest BCUT2D eigenvalue weighted by Gasteiger charge is -2.17. The molecular formula is C19H18N4O. The van der Waals surface area contributed by atoms with Gasteiger partial charge < -0.3 is 10.2 Å². The van der Waals surface area contributed by atoms with E-state index in [9.17, 15) is 4.79 Å². The molecule has 1 atom stereocenters. The quantitative estimate of drug-likeness (QED) is 0.761. The molecule has 5 nitrogen and oxygen atoms in total. The lowest BCUT2D eigenvalue weighted by molar-refractivity contribution is 0.221. The Morgan fingerprint density at radius 1 is 1.12 bits per heavy atom. The number of nitrogens with one attached hydrogen (secondary N) is 2. The number of nitrogens with zero attached hydrogens (tertiary/aromatic N) is 2. The number of urea groups is 1. The highest BCUT2D eigenvalue weighted by atomic mass is 16.2. The molecule has 2 amide bonds. The third-order valence-electron chi connectivity index (χ3n) is 4.33. The predicted octanol–water partition coefficient (Wildman–Crippen LogP) is 3.37. The molecule has 24 heavy (non-hydrogen) atoms. The molecule has 1 aliphatic heterocycles. The van der Waals surface area contributed by atoms with Crippen molar-refractivity contribution in [2.45, 2.75) is 6.04 Å². The van der Waals surface area contributed by atoms with Gasteiger partial charge in [-0.05, 0) is 29.1 Å². The average Bonchev–Trinajstić information content (AvgIpc) is 3.12. The van der Waals surface area contributed by atoms with Crippen molar-refractivity contribution >= 4 is 22.5 Å². The predicted molar refractivity (Wildman–Crippen MR) is 94.7 cm³/mol. The van der Waals surface area contributed by atoms with E-state index in [0.717, 1.165) is 11.1 Å². The normalized spacial score (nSPS) is 17.2. The van der Waals surface area contributed by atoms with Crippen LogP contribution in [-0.2, 0) is 0 Å². The lowest BCUT2D eigenvalue weighted by Crippen LogP contribution is -2.33. The van der Waals surface area contributed by atoms with Crippen LogP contribution in [0.15, 0.2) is 67.0 Å². The van der Waals surface area contributed by atoms with Gasteiger partial charge in [0.15, 0.2) is 0 Å². The van der Waals surface area contributed by atoms with Gasteiger partial charge >= 0.3 is 6.03 Å². The molecule has 2 aromatic carbocycles. The van der Waals surface area contributed by atoms with Gasteiger partial charge in [-0.1, -0.05) is 36.4 Å². The maximum atomic E-state index is 12.4. The summed E-state index contributed by atoms with van der Waals surface area (Å²) in [5.74, 6) is 0. The second-order valence-corrected chi connectivity index (χ2v) is 5.88. The van der Waals surface area contributed by atoms with E-state index in [1.54, 1.807) is 11.1 Å². The number of carbonyl (C=O) groups is 1. The number of benzene rings is 2. The SMILES string of the molecule is O=C(Nc1ccccc1)N1CNC(c2cccc3cnccc23)C1. The Hall–Kier alpha value is -2.92. The molecule has 120 valence electrons. The summed E-state index contributed by atoms with van der Waals surface area (Å²) in [6.45, 7) is 1.17. The molecule has 0 bridgehead atoms. The first-order chi connectivity index (χ1) is 11.8. The summed E-state index contributed by atoms with van der Waals surface area (Å²) in [5.41, 5.74) is 2.01. The molecule has 4 rings (SSSR count). The summed E-state index contributed by atoms with van der Waals surface area (Å²) in [5, 5.41) is 8.65. The van der Waals surface area contributed by atoms with Crippen LogP contribution >= 0.6 is 0 Å². The van der Waals surface area contributed by atoms with Gasteiger partial charge in [-0.25, -0.2) is 4.79 Å². The summed E-state index contributed by atoms with van der Waals surface area (Å²) in [6, 6.07) is 17.8. The van der Waals surface area contributed by atoms with E-state index in [1.807, 2.05) is 48.7 Å². The van der Waals surface area contributed by atoms with E-state index in [2.05, 4.69) is 27.8 Å². The molecule has 2 N–H and O–H groups in total. The van der Waals surface area contributed by atoms with Gasteiger partial charge in [0.1, 0.15) is 0 Å². The van der Waals surface area contributed by atoms with Gasteiger partial charge in [0.25, 0.3) is 0 Å². The van der Waals surface area contributed by atoms with E-state index >= 15 is 0 Å². The topological polar surface area (TPSA) is 57.3 Å². The van der Waals surface area contributed by atoms with E-state index in [1.165, 1.54) is 10.9 Å². The van der Waals surface area contributed by atoms with Crippen LogP contribution in [0.4, 0.5) is 10.5 Å². The second-order valence-electron chi connectivity index (χ2n) is 5.88. The molecular weight excluding hydrogens is 300 g/mol. The van der Waals surface area contributed by atoms with Gasteiger partial charge in [-0.2, -0.15) is 0 Å². The van der Waals surface area contributed by atoms with E-state index in [0.29, 0.717) is 13.2 Å². The number of carbonyl (C=O) groups excluding carboxylic acids is 1. The van der Waals surface area contributed by atoms with Gasteiger partial charge in [-0.15, -0.1) is 0 Å². The van der Waals surface area contributed by atoms with Crippen LogP contribution < -0.4 is 10.6 Å². The molecule has 1 saturated heterocycles. The fourth-order valence-corrected chi connectivity index (χ4v) is 3.11. The zero-order valence-corrected chi connectivity index (χ0v) is 13.1. The Balaban J connectivity index is 1.51. The number of hydrogen-bond donors (Lipinski definition) is 2. The first-order valence-electron chi connectivity index (χ1n) is 7.98. The van der Waals surface area contributed by atoms with Crippen molar-refractivity contribution in [3.05, 3.63) is 72.6 Å². The Morgan fingerprint density at radius 2 is 2.00 bits per heavy atom. The monoisotopic (exact) mass is 318 g/mol. The summed E-state index contributed by atoms with van der Waals surface area (Å²) < 4.78 is 0. The van der Waals surface area contributed by atoms with Crippen molar-refractivity contribution in [3.63, 3.8) is 0 Å². The van der Waals surface area contributed by atoms with Crippen molar-refractivity contribution in [3.8, 4) is 0 Å². The minimum atomic E-state index is -0.0851. The Labute approximate surface area is 140 Å². The van der Waals surface area contributed by atoms with Crippen LogP contribution in [0.5, 0.6) is 0 Å². The zero-order chi connectivity index (χ0) is 16.4. The number of pyridine rings is 1. The first kappa shape index (κ1) is 14.7. The highest BCUT2D eigenvalue weighted by Crippen LogP contribution is 2.26. The minimum absolute atomic E-state index is 0.0851. The largest absolute Gasteiger partial charge is 0.322 e. The van der Waals surface area contributed by atoms with Crippen LogP contribution in [0.1, 0.15) is 11.6 Å². The van der Waals surface area contributed by atoms with Crippen molar-refractivity contribution in [2.24, 2.45) is 0 Å². The van der Waals surface area contributed by atoms with Crippen LogP contribution in [0.3, 0.4) is 0 Å². The number of anilines is 1. The summed E-state index contributed by atoms with van der Waals surface area (Å²) in [4.78, 5) is 18.4. The van der Waals surface area contributed by atoms with Crippen molar-refractivity contribution in [2.75, 3.05) is 18.5 Å². The molecule has 1 aromatic heterocycles. The Kier molecular flexibility index (Phi) is 3.84. The molecule has 3 aromatic rings. The van der Waals surface area contributed by atoms with Crippen molar-refractivity contribution in [1.82, 2.24) is 15.2 Å². The van der Waals surface area contributed by atoms with Crippen LogP contribution in [0.2, 0.25) is 0 Å². The number of hydrogen-bond acceptors (Lipinski definition) is 3. The number of amides is 2. The maximum Gasteiger partial charge on any atom is 0.322 e. The summed E-state index contributed by atoms with van der Waals surface area (Å²) >= 11 is 0. The molecule has 5 heteroatoms. The number of rotatable bonds is 2.